The summed E-state index contributed by atoms with van der Waals surface area (Å²) in [5.74, 6) is 1.29. The molecule has 0 aromatic rings. The number of nitrogens with one attached hydrogen (secondary N) is 1. The van der Waals surface area contributed by atoms with E-state index in [0.717, 1.165) is 18.1 Å². The maximum absolute atomic E-state index is 8.86. The van der Waals surface area contributed by atoms with Gasteiger partial charge in [-0.25, -0.2) is 0 Å². The van der Waals surface area contributed by atoms with Crippen molar-refractivity contribution in [3.8, 4) is 0 Å². The molecule has 0 aliphatic carbocycles. The van der Waals surface area contributed by atoms with Gasteiger partial charge in [0.05, 0.1) is 0 Å². The van der Waals surface area contributed by atoms with Crippen LogP contribution >= 0.6 is 11.8 Å². The standard InChI is InChI=1S/C10H21NOS/c1-3-9(4-6-12)11-10-5-7-13-8(10)2/h8-12H,3-7H2,1-2H3. The van der Waals surface area contributed by atoms with Crippen LogP contribution in [0.1, 0.15) is 33.1 Å². The molecule has 1 fully saturated rings. The molecule has 0 saturated carbocycles. The molecule has 78 valence electrons. The van der Waals surface area contributed by atoms with Crippen LogP contribution in [0.2, 0.25) is 0 Å². The van der Waals surface area contributed by atoms with Crippen molar-refractivity contribution in [2.75, 3.05) is 12.4 Å². The number of hydrogen-bond donors (Lipinski definition) is 2. The zero-order valence-corrected chi connectivity index (χ0v) is 9.44. The molecule has 0 amide bonds. The predicted molar refractivity (Wildman–Crippen MR) is 59.2 cm³/mol. The Kier molecular flexibility index (Phi) is 5.14. The molecule has 2 N–H and O–H groups in total. The summed E-state index contributed by atoms with van der Waals surface area (Å²) in [6.45, 7) is 4.78. The first-order valence-corrected chi connectivity index (χ1v) is 6.31. The minimum atomic E-state index is 0.305. The van der Waals surface area contributed by atoms with Gasteiger partial charge < -0.3 is 10.4 Å². The van der Waals surface area contributed by atoms with Gasteiger partial charge in [0, 0.05) is 23.9 Å². The van der Waals surface area contributed by atoms with Crippen LogP contribution in [0.5, 0.6) is 0 Å². The van der Waals surface area contributed by atoms with E-state index in [9.17, 15) is 0 Å². The van der Waals surface area contributed by atoms with Gasteiger partial charge in [-0.1, -0.05) is 13.8 Å². The fourth-order valence-corrected chi connectivity index (χ4v) is 3.02. The zero-order chi connectivity index (χ0) is 9.68. The molecule has 3 heteroatoms. The minimum absolute atomic E-state index is 0.305. The van der Waals surface area contributed by atoms with Crippen molar-refractivity contribution in [3.05, 3.63) is 0 Å². The monoisotopic (exact) mass is 203 g/mol. The quantitative estimate of drug-likeness (QED) is 0.712. The van der Waals surface area contributed by atoms with Crippen molar-refractivity contribution in [1.82, 2.24) is 5.32 Å². The van der Waals surface area contributed by atoms with Gasteiger partial charge in [-0.05, 0) is 25.0 Å². The fourth-order valence-electron chi connectivity index (χ4n) is 1.81. The topological polar surface area (TPSA) is 32.3 Å². The second-order valence-corrected chi connectivity index (χ2v) is 5.24. The van der Waals surface area contributed by atoms with Crippen LogP contribution in [0.4, 0.5) is 0 Å². The maximum atomic E-state index is 8.86. The summed E-state index contributed by atoms with van der Waals surface area (Å²) in [6, 6.07) is 1.18. The zero-order valence-electron chi connectivity index (χ0n) is 8.62. The van der Waals surface area contributed by atoms with E-state index in [-0.39, 0.29) is 0 Å². The van der Waals surface area contributed by atoms with E-state index in [2.05, 4.69) is 30.9 Å². The molecule has 1 aliphatic heterocycles. The summed E-state index contributed by atoms with van der Waals surface area (Å²) in [5, 5.41) is 13.2. The largest absolute Gasteiger partial charge is 0.396 e. The van der Waals surface area contributed by atoms with Crippen molar-refractivity contribution in [2.45, 2.75) is 50.4 Å². The number of aliphatic hydroxyl groups excluding tert-OH is 1. The predicted octanol–water partition coefficient (Wildman–Crippen LogP) is 1.63. The molecule has 2 nitrogen and oxygen atoms in total. The van der Waals surface area contributed by atoms with E-state index in [1.807, 2.05) is 0 Å². The second kappa shape index (κ2) is 5.89. The third-order valence-corrected chi connectivity index (χ3v) is 4.12. The van der Waals surface area contributed by atoms with Gasteiger partial charge in [-0.2, -0.15) is 11.8 Å². The Hall–Kier alpha value is 0.270. The van der Waals surface area contributed by atoms with Crippen LogP contribution in [0.15, 0.2) is 0 Å². The fraction of sp³-hybridized carbons (Fsp3) is 1.00. The van der Waals surface area contributed by atoms with Crippen LogP contribution < -0.4 is 5.32 Å². The third kappa shape index (κ3) is 3.49. The molecule has 13 heavy (non-hydrogen) atoms. The van der Waals surface area contributed by atoms with Gasteiger partial charge in [-0.15, -0.1) is 0 Å². The van der Waals surface area contributed by atoms with Crippen LogP contribution in [0.3, 0.4) is 0 Å². The Bertz CT molecular complexity index is 143. The molecule has 0 bridgehead atoms. The van der Waals surface area contributed by atoms with Crippen molar-refractivity contribution < 1.29 is 5.11 Å². The smallest absolute Gasteiger partial charge is 0.0445 e. The number of hydrogen-bond acceptors (Lipinski definition) is 3. The Morgan fingerprint density at radius 1 is 1.62 bits per heavy atom. The molecule has 0 spiro atoms. The van der Waals surface area contributed by atoms with Crippen molar-refractivity contribution in [3.63, 3.8) is 0 Å². The summed E-state index contributed by atoms with van der Waals surface area (Å²) in [6.07, 6.45) is 3.30. The molecule has 0 aromatic heterocycles. The summed E-state index contributed by atoms with van der Waals surface area (Å²) in [7, 11) is 0. The van der Waals surface area contributed by atoms with Gasteiger partial charge in [-0.3, -0.25) is 0 Å². The van der Waals surface area contributed by atoms with Gasteiger partial charge in [0.15, 0.2) is 0 Å². The average Bonchev–Trinajstić information content (AvgIpc) is 2.51. The summed E-state index contributed by atoms with van der Waals surface area (Å²) >= 11 is 2.05. The lowest BCUT2D eigenvalue weighted by atomic mass is 10.1. The Morgan fingerprint density at radius 3 is 2.85 bits per heavy atom. The van der Waals surface area contributed by atoms with Crippen LogP contribution in [-0.4, -0.2) is 34.8 Å². The minimum Gasteiger partial charge on any atom is -0.396 e. The van der Waals surface area contributed by atoms with E-state index in [4.69, 9.17) is 5.11 Å². The number of thioether (sulfide) groups is 1. The first kappa shape index (κ1) is 11.3. The van der Waals surface area contributed by atoms with E-state index in [1.165, 1.54) is 12.2 Å². The Morgan fingerprint density at radius 2 is 2.38 bits per heavy atom. The van der Waals surface area contributed by atoms with E-state index in [1.54, 1.807) is 0 Å². The lowest BCUT2D eigenvalue weighted by Crippen LogP contribution is -2.41. The second-order valence-electron chi connectivity index (χ2n) is 3.76. The maximum Gasteiger partial charge on any atom is 0.0445 e. The molecule has 0 radical (unpaired) electrons. The molecule has 1 rings (SSSR count). The molecular weight excluding hydrogens is 182 g/mol. The molecular formula is C10H21NOS. The van der Waals surface area contributed by atoms with Gasteiger partial charge in [0.2, 0.25) is 0 Å². The Labute approximate surface area is 85.5 Å². The highest BCUT2D eigenvalue weighted by Crippen LogP contribution is 2.26. The van der Waals surface area contributed by atoms with Gasteiger partial charge >= 0.3 is 0 Å². The van der Waals surface area contributed by atoms with Crippen molar-refractivity contribution in [1.29, 1.82) is 0 Å². The number of aliphatic hydroxyl groups is 1. The third-order valence-electron chi connectivity index (χ3n) is 2.80. The molecule has 1 heterocycles. The first-order chi connectivity index (χ1) is 6.27. The Balaban J connectivity index is 2.27. The van der Waals surface area contributed by atoms with Crippen molar-refractivity contribution >= 4 is 11.8 Å². The lowest BCUT2D eigenvalue weighted by Gasteiger charge is -2.23. The lowest BCUT2D eigenvalue weighted by molar-refractivity contribution is 0.255. The highest BCUT2D eigenvalue weighted by atomic mass is 32.2. The molecule has 3 unspecified atom stereocenters. The molecule has 1 saturated heterocycles. The SMILES string of the molecule is CCC(CCO)NC1CCSC1C. The summed E-state index contributed by atoms with van der Waals surface area (Å²) < 4.78 is 0. The van der Waals surface area contributed by atoms with Crippen LogP contribution in [0, 0.1) is 0 Å². The summed E-state index contributed by atoms with van der Waals surface area (Å²) in [5.41, 5.74) is 0. The van der Waals surface area contributed by atoms with Gasteiger partial charge in [0.25, 0.3) is 0 Å². The average molecular weight is 203 g/mol. The van der Waals surface area contributed by atoms with E-state index < -0.39 is 0 Å². The molecule has 3 atom stereocenters. The molecule has 1 aliphatic rings. The molecule has 0 aromatic carbocycles. The first-order valence-electron chi connectivity index (χ1n) is 5.26. The van der Waals surface area contributed by atoms with E-state index in [0.29, 0.717) is 18.7 Å². The van der Waals surface area contributed by atoms with Crippen LogP contribution in [0.25, 0.3) is 0 Å². The normalized spacial score (nSPS) is 30.7. The highest BCUT2D eigenvalue weighted by molar-refractivity contribution is 8.00. The summed E-state index contributed by atoms with van der Waals surface area (Å²) in [4.78, 5) is 0. The number of rotatable bonds is 5. The van der Waals surface area contributed by atoms with Crippen LogP contribution in [-0.2, 0) is 0 Å². The van der Waals surface area contributed by atoms with Gasteiger partial charge in [0.1, 0.15) is 0 Å². The van der Waals surface area contributed by atoms with Crippen molar-refractivity contribution in [2.24, 2.45) is 0 Å². The highest BCUT2D eigenvalue weighted by Gasteiger charge is 2.25. The van der Waals surface area contributed by atoms with E-state index >= 15 is 0 Å².